The summed E-state index contributed by atoms with van der Waals surface area (Å²) >= 11 is 0. The number of anilines is 3. The molecule has 0 unspecified atom stereocenters. The fraction of sp³-hybridized carbons (Fsp3) is 0.276. The molecule has 0 atom stereocenters. The highest BCUT2D eigenvalue weighted by Gasteiger charge is 2.36. The van der Waals surface area contributed by atoms with Gasteiger partial charge in [-0.3, -0.25) is 10.1 Å². The standard InChI is InChI=1S/C29H25F5N4O7/c1-28(2,3)45-27(40)37(25-23(38(41)42)10-11-24(36-25)43-4)12-6-7-16-13-17(30)8-9-21(16)35-22-15-20(31)19(29(32,33)34)14-18(22)26(39)44-5/h8-11,13-15,35H,12H2,1-5H3. The van der Waals surface area contributed by atoms with Crippen LogP contribution >= 0.6 is 0 Å². The summed E-state index contributed by atoms with van der Waals surface area (Å²) in [6, 6.07) is 5.95. The fourth-order valence-electron chi connectivity index (χ4n) is 3.68. The Morgan fingerprint density at radius 3 is 2.31 bits per heavy atom. The Bertz CT molecular complexity index is 1700. The number of ether oxygens (including phenoxy) is 3. The summed E-state index contributed by atoms with van der Waals surface area (Å²) in [6.07, 6.45) is -6.19. The second kappa shape index (κ2) is 13.5. The SMILES string of the molecule is COC(=O)c1cc(C(F)(F)F)c(F)cc1Nc1ccc(F)cc1C#CCN(C(=O)OC(C)(C)C)c1nc(OC)ccc1[N+](=O)[O-]. The quantitative estimate of drug-likeness (QED) is 0.0999. The van der Waals surface area contributed by atoms with E-state index >= 15 is 0 Å². The zero-order valence-electron chi connectivity index (χ0n) is 24.3. The van der Waals surface area contributed by atoms with Gasteiger partial charge in [0, 0.05) is 12.1 Å². The van der Waals surface area contributed by atoms with Gasteiger partial charge in [0.2, 0.25) is 11.7 Å². The first-order chi connectivity index (χ1) is 20.9. The van der Waals surface area contributed by atoms with Crippen LogP contribution in [-0.4, -0.2) is 48.3 Å². The number of hydrogen-bond donors (Lipinski definition) is 1. The van der Waals surface area contributed by atoms with E-state index in [9.17, 15) is 41.7 Å². The van der Waals surface area contributed by atoms with Gasteiger partial charge in [0.15, 0.2) is 0 Å². The number of nitro groups is 1. The Hall–Kier alpha value is -5.46. The van der Waals surface area contributed by atoms with Crippen molar-refractivity contribution in [2.75, 3.05) is 31.0 Å². The van der Waals surface area contributed by atoms with E-state index < -0.39 is 75.3 Å². The number of esters is 1. The van der Waals surface area contributed by atoms with Crippen LogP contribution in [0, 0.1) is 33.6 Å². The fourth-order valence-corrected chi connectivity index (χ4v) is 3.68. The third-order valence-electron chi connectivity index (χ3n) is 5.63. The maximum absolute atomic E-state index is 14.4. The summed E-state index contributed by atoms with van der Waals surface area (Å²) in [5, 5.41) is 14.3. The van der Waals surface area contributed by atoms with Gasteiger partial charge in [0.1, 0.15) is 17.2 Å². The molecule has 2 aromatic carbocycles. The third kappa shape index (κ3) is 8.56. The summed E-state index contributed by atoms with van der Waals surface area (Å²) in [5.41, 5.74) is -4.70. The van der Waals surface area contributed by atoms with Gasteiger partial charge < -0.3 is 19.5 Å². The van der Waals surface area contributed by atoms with E-state index in [0.717, 1.165) is 36.3 Å². The molecule has 0 aliphatic heterocycles. The second-order valence-electron chi connectivity index (χ2n) is 10.0. The van der Waals surface area contributed by atoms with E-state index in [4.69, 9.17) is 9.47 Å². The lowest BCUT2D eigenvalue weighted by atomic mass is 10.1. The van der Waals surface area contributed by atoms with Crippen LogP contribution in [0.4, 0.5) is 49.6 Å². The molecule has 0 fully saturated rings. The van der Waals surface area contributed by atoms with Gasteiger partial charge in [-0.1, -0.05) is 11.8 Å². The van der Waals surface area contributed by atoms with Gasteiger partial charge in [0.25, 0.3) is 0 Å². The molecule has 45 heavy (non-hydrogen) atoms. The van der Waals surface area contributed by atoms with Crippen LogP contribution in [0.25, 0.3) is 0 Å². The zero-order chi connectivity index (χ0) is 33.7. The molecule has 0 aliphatic carbocycles. The predicted octanol–water partition coefficient (Wildman–Crippen LogP) is 6.62. The molecular weight excluding hydrogens is 611 g/mol. The molecule has 0 saturated heterocycles. The van der Waals surface area contributed by atoms with E-state index in [-0.39, 0.29) is 23.2 Å². The summed E-state index contributed by atoms with van der Waals surface area (Å²) in [6.45, 7) is 4.08. The Morgan fingerprint density at radius 2 is 1.73 bits per heavy atom. The molecule has 0 spiro atoms. The van der Waals surface area contributed by atoms with Crippen LogP contribution in [0.2, 0.25) is 0 Å². The van der Waals surface area contributed by atoms with Crippen molar-refractivity contribution in [1.82, 2.24) is 4.98 Å². The average molecular weight is 637 g/mol. The third-order valence-corrected chi connectivity index (χ3v) is 5.63. The van der Waals surface area contributed by atoms with E-state index in [1.807, 2.05) is 0 Å². The van der Waals surface area contributed by atoms with Gasteiger partial charge in [-0.15, -0.1) is 0 Å². The highest BCUT2D eigenvalue weighted by atomic mass is 19.4. The number of nitrogens with one attached hydrogen (secondary N) is 1. The summed E-state index contributed by atoms with van der Waals surface area (Å²) in [4.78, 5) is 41.1. The molecule has 0 radical (unpaired) electrons. The Labute approximate surface area is 253 Å². The smallest absolute Gasteiger partial charge is 0.419 e. The maximum Gasteiger partial charge on any atom is 0.419 e. The Morgan fingerprint density at radius 1 is 1.04 bits per heavy atom. The Kier molecular flexibility index (Phi) is 10.2. The molecule has 3 rings (SSSR count). The first-order valence-electron chi connectivity index (χ1n) is 12.7. The lowest BCUT2D eigenvalue weighted by Gasteiger charge is -2.25. The summed E-state index contributed by atoms with van der Waals surface area (Å²) in [5.74, 6) is 0.860. The van der Waals surface area contributed by atoms with E-state index in [2.05, 4.69) is 26.9 Å². The lowest BCUT2D eigenvalue weighted by Crippen LogP contribution is -2.38. The van der Waals surface area contributed by atoms with Crippen molar-refractivity contribution in [1.29, 1.82) is 0 Å². The first kappa shape index (κ1) is 34.0. The molecule has 0 aliphatic rings. The van der Waals surface area contributed by atoms with Gasteiger partial charge in [-0.05, 0) is 51.1 Å². The monoisotopic (exact) mass is 636 g/mol. The minimum Gasteiger partial charge on any atom is -0.481 e. The number of carbonyl (C=O) groups is 2. The number of amides is 1. The highest BCUT2D eigenvalue weighted by Crippen LogP contribution is 2.36. The van der Waals surface area contributed by atoms with E-state index in [0.29, 0.717) is 6.07 Å². The molecule has 1 amide bonds. The van der Waals surface area contributed by atoms with Crippen LogP contribution in [0.1, 0.15) is 42.3 Å². The molecule has 11 nitrogen and oxygen atoms in total. The van der Waals surface area contributed by atoms with Gasteiger partial charge >= 0.3 is 23.9 Å². The van der Waals surface area contributed by atoms with Crippen molar-refractivity contribution >= 4 is 34.9 Å². The van der Waals surface area contributed by atoms with Crippen molar-refractivity contribution in [2.45, 2.75) is 32.5 Å². The number of benzene rings is 2. The minimum atomic E-state index is -5.12. The molecule has 0 bridgehead atoms. The molecule has 1 aromatic heterocycles. The molecule has 1 N–H and O–H groups in total. The Balaban J connectivity index is 2.09. The average Bonchev–Trinajstić information content (AvgIpc) is 2.94. The van der Waals surface area contributed by atoms with Crippen molar-refractivity contribution in [3.63, 3.8) is 0 Å². The van der Waals surface area contributed by atoms with Crippen molar-refractivity contribution in [2.24, 2.45) is 0 Å². The van der Waals surface area contributed by atoms with Crippen molar-refractivity contribution in [3.05, 3.63) is 80.9 Å². The van der Waals surface area contributed by atoms with Crippen molar-refractivity contribution < 1.29 is 50.7 Å². The van der Waals surface area contributed by atoms with Crippen LogP contribution in [0.5, 0.6) is 5.88 Å². The molecule has 1 heterocycles. The number of aromatic nitrogens is 1. The number of nitrogens with zero attached hydrogens (tertiary/aromatic N) is 3. The van der Waals surface area contributed by atoms with Crippen LogP contribution in [0.15, 0.2) is 42.5 Å². The minimum absolute atomic E-state index is 0.0704. The second-order valence-corrected chi connectivity index (χ2v) is 10.0. The van der Waals surface area contributed by atoms with E-state index in [1.165, 1.54) is 13.2 Å². The molecule has 16 heteroatoms. The highest BCUT2D eigenvalue weighted by molar-refractivity contribution is 5.97. The first-order valence-corrected chi connectivity index (χ1v) is 12.7. The molecule has 0 saturated carbocycles. The summed E-state index contributed by atoms with van der Waals surface area (Å²) in [7, 11) is 2.16. The maximum atomic E-state index is 14.4. The van der Waals surface area contributed by atoms with Gasteiger partial charge in [-0.2, -0.15) is 18.2 Å². The van der Waals surface area contributed by atoms with Crippen LogP contribution < -0.4 is 15.0 Å². The van der Waals surface area contributed by atoms with Crippen LogP contribution in [-0.2, 0) is 15.7 Å². The lowest BCUT2D eigenvalue weighted by molar-refractivity contribution is -0.384. The zero-order valence-corrected chi connectivity index (χ0v) is 24.3. The summed E-state index contributed by atoms with van der Waals surface area (Å²) < 4.78 is 83.5. The number of carbonyl (C=O) groups excluding carboxylic acids is 2. The topological polar surface area (TPSA) is 133 Å². The largest absolute Gasteiger partial charge is 0.481 e. The predicted molar refractivity (Wildman–Crippen MR) is 150 cm³/mol. The normalized spacial score (nSPS) is 11.2. The number of pyridine rings is 1. The van der Waals surface area contributed by atoms with Crippen molar-refractivity contribution in [3.8, 4) is 17.7 Å². The molecule has 238 valence electrons. The van der Waals surface area contributed by atoms with Gasteiger partial charge in [-0.25, -0.2) is 23.3 Å². The van der Waals surface area contributed by atoms with Gasteiger partial charge in [0.05, 0.1) is 53.8 Å². The number of rotatable bonds is 7. The van der Waals surface area contributed by atoms with Crippen LogP contribution in [0.3, 0.4) is 0 Å². The number of halogens is 5. The molecule has 3 aromatic rings. The number of hydrogen-bond acceptors (Lipinski definition) is 9. The molecular formula is C29H25F5N4O7. The number of methoxy groups -OCH3 is 2. The number of alkyl halides is 3. The van der Waals surface area contributed by atoms with E-state index in [1.54, 1.807) is 20.8 Å².